The average molecular weight is 302 g/mol. The Bertz CT molecular complexity index is 658. The molecule has 1 aromatic heterocycles. The molecule has 0 saturated heterocycles. The maximum atomic E-state index is 12.3. The second kappa shape index (κ2) is 6.74. The van der Waals surface area contributed by atoms with Crippen molar-refractivity contribution >= 4 is 17.7 Å². The Morgan fingerprint density at radius 1 is 1.29 bits per heavy atom. The van der Waals surface area contributed by atoms with Gasteiger partial charge in [0.15, 0.2) is 0 Å². The molecule has 4 nitrogen and oxygen atoms in total. The number of benzene rings is 1. The number of amides is 1. The smallest absolute Gasteiger partial charge is 0.274 e. The van der Waals surface area contributed by atoms with E-state index in [0.717, 1.165) is 10.5 Å². The van der Waals surface area contributed by atoms with Crippen molar-refractivity contribution in [2.75, 3.05) is 14.2 Å². The zero-order chi connectivity index (χ0) is 15.4. The molecule has 0 saturated carbocycles. The summed E-state index contributed by atoms with van der Waals surface area (Å²) in [5, 5.41) is 1.88. The summed E-state index contributed by atoms with van der Waals surface area (Å²) in [6.45, 7) is 4.10. The Balaban J connectivity index is 2.37. The summed E-state index contributed by atoms with van der Waals surface area (Å²) in [6, 6.07) is 9.76. The molecule has 110 valence electrons. The lowest BCUT2D eigenvalue weighted by atomic mass is 10.2. The standard InChI is InChI=1S/C16H18N2O2S/c1-11-7-8-12(2)14(10-11)21-15-13(6-5-9-17-15)16(19)18(3)20-4/h5-10H,1-4H3. The summed E-state index contributed by atoms with van der Waals surface area (Å²) in [5.74, 6) is -0.210. The van der Waals surface area contributed by atoms with E-state index in [1.54, 1.807) is 25.4 Å². The van der Waals surface area contributed by atoms with Gasteiger partial charge in [-0.3, -0.25) is 9.63 Å². The lowest BCUT2D eigenvalue weighted by Gasteiger charge is -2.15. The Labute approximate surface area is 129 Å². The highest BCUT2D eigenvalue weighted by atomic mass is 32.2. The number of hydrogen-bond acceptors (Lipinski definition) is 4. The Hall–Kier alpha value is -1.85. The van der Waals surface area contributed by atoms with Crippen LogP contribution >= 0.6 is 11.8 Å². The van der Waals surface area contributed by atoms with Crippen molar-refractivity contribution < 1.29 is 9.63 Å². The summed E-state index contributed by atoms with van der Waals surface area (Å²) in [7, 11) is 3.05. The van der Waals surface area contributed by atoms with Gasteiger partial charge in [0, 0.05) is 18.1 Å². The van der Waals surface area contributed by atoms with E-state index in [1.807, 2.05) is 13.8 Å². The molecule has 0 fully saturated rings. The van der Waals surface area contributed by atoms with E-state index in [4.69, 9.17) is 4.84 Å². The molecule has 21 heavy (non-hydrogen) atoms. The third kappa shape index (κ3) is 3.62. The van der Waals surface area contributed by atoms with Gasteiger partial charge in [-0.25, -0.2) is 10.0 Å². The number of hydrogen-bond donors (Lipinski definition) is 0. The minimum Gasteiger partial charge on any atom is -0.274 e. The van der Waals surface area contributed by atoms with Crippen LogP contribution in [-0.2, 0) is 4.84 Å². The fourth-order valence-electron chi connectivity index (χ4n) is 1.81. The van der Waals surface area contributed by atoms with Crippen LogP contribution in [0.1, 0.15) is 21.5 Å². The topological polar surface area (TPSA) is 42.4 Å². The molecule has 0 bridgehead atoms. The Kier molecular flexibility index (Phi) is 4.98. The molecule has 1 amide bonds. The van der Waals surface area contributed by atoms with Gasteiger partial charge in [-0.05, 0) is 43.2 Å². The monoisotopic (exact) mass is 302 g/mol. The molecule has 0 N–H and O–H groups in total. The lowest BCUT2D eigenvalue weighted by molar-refractivity contribution is -0.0759. The predicted molar refractivity (Wildman–Crippen MR) is 83.4 cm³/mol. The first-order chi connectivity index (χ1) is 10.0. The molecule has 5 heteroatoms. The van der Waals surface area contributed by atoms with Crippen LogP contribution in [0.4, 0.5) is 0 Å². The number of pyridine rings is 1. The third-order valence-electron chi connectivity index (χ3n) is 3.11. The normalized spacial score (nSPS) is 10.5. The molecule has 0 aliphatic heterocycles. The molecular formula is C16H18N2O2S. The van der Waals surface area contributed by atoms with Crippen molar-refractivity contribution in [2.24, 2.45) is 0 Å². The number of aromatic nitrogens is 1. The molecule has 0 spiro atoms. The second-order valence-corrected chi connectivity index (χ2v) is 5.74. The van der Waals surface area contributed by atoms with Gasteiger partial charge in [0.1, 0.15) is 5.03 Å². The number of carbonyl (C=O) groups excluding carboxylic acids is 1. The maximum absolute atomic E-state index is 12.3. The van der Waals surface area contributed by atoms with Gasteiger partial charge in [0.25, 0.3) is 5.91 Å². The van der Waals surface area contributed by atoms with E-state index in [0.29, 0.717) is 10.6 Å². The predicted octanol–water partition coefficient (Wildman–Crippen LogP) is 3.48. The summed E-state index contributed by atoms with van der Waals surface area (Å²) < 4.78 is 0. The first kappa shape index (κ1) is 15.5. The number of nitrogens with zero attached hydrogens (tertiary/aromatic N) is 2. The fraction of sp³-hybridized carbons (Fsp3) is 0.250. The van der Waals surface area contributed by atoms with Crippen molar-refractivity contribution in [1.29, 1.82) is 0 Å². The van der Waals surface area contributed by atoms with E-state index >= 15 is 0 Å². The van der Waals surface area contributed by atoms with Gasteiger partial charge < -0.3 is 0 Å². The molecule has 0 atom stereocenters. The van der Waals surface area contributed by atoms with Gasteiger partial charge in [0.05, 0.1) is 12.7 Å². The van der Waals surface area contributed by atoms with Crippen LogP contribution in [0.15, 0.2) is 46.5 Å². The fourth-order valence-corrected chi connectivity index (χ4v) is 2.87. The zero-order valence-electron chi connectivity index (χ0n) is 12.6. The van der Waals surface area contributed by atoms with Crippen LogP contribution < -0.4 is 0 Å². The van der Waals surface area contributed by atoms with E-state index in [1.165, 1.54) is 29.5 Å². The van der Waals surface area contributed by atoms with Gasteiger partial charge >= 0.3 is 0 Å². The maximum Gasteiger partial charge on any atom is 0.279 e. The Morgan fingerprint density at radius 3 is 2.76 bits per heavy atom. The van der Waals surface area contributed by atoms with Crippen LogP contribution in [0.25, 0.3) is 0 Å². The van der Waals surface area contributed by atoms with Crippen molar-refractivity contribution in [3.8, 4) is 0 Å². The summed E-state index contributed by atoms with van der Waals surface area (Å²) in [4.78, 5) is 22.7. The second-order valence-electron chi connectivity index (χ2n) is 4.71. The van der Waals surface area contributed by atoms with Crippen molar-refractivity contribution in [1.82, 2.24) is 10.0 Å². The molecule has 1 heterocycles. The van der Waals surface area contributed by atoms with Crippen molar-refractivity contribution in [2.45, 2.75) is 23.8 Å². The molecule has 0 aliphatic rings. The van der Waals surface area contributed by atoms with E-state index in [9.17, 15) is 4.79 Å². The summed E-state index contributed by atoms with van der Waals surface area (Å²) in [6.07, 6.45) is 1.69. The summed E-state index contributed by atoms with van der Waals surface area (Å²) >= 11 is 1.50. The highest BCUT2D eigenvalue weighted by Gasteiger charge is 2.17. The lowest BCUT2D eigenvalue weighted by Crippen LogP contribution is -2.26. The van der Waals surface area contributed by atoms with Crippen LogP contribution in [0, 0.1) is 13.8 Å². The van der Waals surface area contributed by atoms with Crippen LogP contribution in [0.5, 0.6) is 0 Å². The van der Waals surface area contributed by atoms with E-state index < -0.39 is 0 Å². The molecule has 0 radical (unpaired) electrons. The van der Waals surface area contributed by atoms with Gasteiger partial charge in [-0.2, -0.15) is 0 Å². The minimum absolute atomic E-state index is 0.210. The average Bonchev–Trinajstić information content (AvgIpc) is 2.50. The number of carbonyl (C=O) groups is 1. The zero-order valence-corrected chi connectivity index (χ0v) is 13.4. The largest absolute Gasteiger partial charge is 0.279 e. The highest BCUT2D eigenvalue weighted by molar-refractivity contribution is 7.99. The molecule has 2 aromatic rings. The van der Waals surface area contributed by atoms with Crippen molar-refractivity contribution in [3.05, 3.63) is 53.2 Å². The van der Waals surface area contributed by atoms with Gasteiger partial charge in [-0.1, -0.05) is 23.9 Å². The van der Waals surface area contributed by atoms with E-state index in [2.05, 4.69) is 23.2 Å². The number of hydroxylamine groups is 2. The molecular weight excluding hydrogens is 284 g/mol. The van der Waals surface area contributed by atoms with Gasteiger partial charge in [0.2, 0.25) is 0 Å². The third-order valence-corrected chi connectivity index (χ3v) is 4.29. The molecule has 0 unspecified atom stereocenters. The van der Waals surface area contributed by atoms with Crippen LogP contribution in [0.2, 0.25) is 0 Å². The highest BCUT2D eigenvalue weighted by Crippen LogP contribution is 2.32. The van der Waals surface area contributed by atoms with Crippen LogP contribution in [0.3, 0.4) is 0 Å². The minimum atomic E-state index is -0.210. The quantitative estimate of drug-likeness (QED) is 0.811. The number of rotatable bonds is 4. The first-order valence-electron chi connectivity index (χ1n) is 6.55. The SMILES string of the molecule is CON(C)C(=O)c1cccnc1Sc1cc(C)ccc1C. The Morgan fingerprint density at radius 2 is 2.05 bits per heavy atom. The summed E-state index contributed by atoms with van der Waals surface area (Å²) in [5.41, 5.74) is 2.88. The van der Waals surface area contributed by atoms with Crippen LogP contribution in [-0.4, -0.2) is 30.1 Å². The van der Waals surface area contributed by atoms with Crippen molar-refractivity contribution in [3.63, 3.8) is 0 Å². The first-order valence-corrected chi connectivity index (χ1v) is 7.37. The molecule has 0 aliphatic carbocycles. The van der Waals surface area contributed by atoms with E-state index in [-0.39, 0.29) is 5.91 Å². The molecule has 2 rings (SSSR count). The molecule has 1 aromatic carbocycles. The number of aryl methyl sites for hydroxylation is 2. The van der Waals surface area contributed by atoms with Gasteiger partial charge in [-0.15, -0.1) is 0 Å².